The molecule has 2 aliphatic heterocycles. The number of anilines is 1. The molecule has 12 nitrogen and oxygen atoms in total. The summed E-state index contributed by atoms with van der Waals surface area (Å²) in [5.74, 6) is 0.0141. The molecule has 3 atom stereocenters. The van der Waals surface area contributed by atoms with Crippen molar-refractivity contribution >= 4 is 35.5 Å². The number of ether oxygens (including phenoxy) is 4. The average Bonchev–Trinajstić information content (AvgIpc) is 3.39. The van der Waals surface area contributed by atoms with Crippen molar-refractivity contribution in [3.05, 3.63) is 70.8 Å². The molecule has 0 saturated heterocycles. The summed E-state index contributed by atoms with van der Waals surface area (Å²) in [5.41, 5.74) is 3.32. The van der Waals surface area contributed by atoms with Crippen LogP contribution in [0.5, 0.6) is 11.5 Å². The van der Waals surface area contributed by atoms with Gasteiger partial charge < -0.3 is 29.2 Å². The first-order chi connectivity index (χ1) is 21.5. The maximum atomic E-state index is 12.7. The van der Waals surface area contributed by atoms with Crippen LogP contribution in [0.15, 0.2) is 70.8 Å². The second-order valence-corrected chi connectivity index (χ2v) is 11.1. The molecule has 2 heterocycles. The van der Waals surface area contributed by atoms with Crippen LogP contribution in [0.1, 0.15) is 27.7 Å². The third kappa shape index (κ3) is 7.55. The topological polar surface area (TPSA) is 149 Å². The van der Waals surface area contributed by atoms with E-state index >= 15 is 0 Å². The normalized spacial score (nSPS) is 19.9. The predicted octanol–water partition coefficient (Wildman–Crippen LogP) is 2.45. The second kappa shape index (κ2) is 14.7. The van der Waals surface area contributed by atoms with Gasteiger partial charge in [-0.05, 0) is 69.7 Å². The van der Waals surface area contributed by atoms with E-state index in [0.29, 0.717) is 52.5 Å². The van der Waals surface area contributed by atoms with Crippen LogP contribution in [0.25, 0.3) is 0 Å². The monoisotopic (exact) mass is 623 g/mol. The number of nitrogens with zero attached hydrogens (tertiary/aromatic N) is 2. The highest BCUT2D eigenvalue weighted by atomic mass is 16.5. The van der Waals surface area contributed by atoms with Gasteiger partial charge in [-0.1, -0.05) is 0 Å². The highest BCUT2D eigenvalue weighted by Gasteiger charge is 2.46. The molecule has 0 aromatic heterocycles. The fourth-order valence-corrected chi connectivity index (χ4v) is 4.92. The lowest BCUT2D eigenvalue weighted by atomic mass is 10.2. The minimum absolute atomic E-state index is 0.00894. The van der Waals surface area contributed by atoms with Gasteiger partial charge in [-0.15, -0.1) is 0 Å². The molecule has 2 N–H and O–H groups in total. The first-order valence-electron chi connectivity index (χ1n) is 14.6. The van der Waals surface area contributed by atoms with Crippen LogP contribution < -0.4 is 18.9 Å². The molecule has 4 amide bonds. The molecule has 0 bridgehead atoms. The van der Waals surface area contributed by atoms with Crippen LogP contribution in [0, 0.1) is 0 Å². The maximum Gasteiger partial charge on any atom is 0.354 e. The van der Waals surface area contributed by atoms with Gasteiger partial charge in [0.05, 0.1) is 37.7 Å². The molecule has 0 spiro atoms. The summed E-state index contributed by atoms with van der Waals surface area (Å²) < 4.78 is 21.6. The zero-order chi connectivity index (χ0) is 32.7. The number of rotatable bonds is 16. The van der Waals surface area contributed by atoms with Crippen LogP contribution >= 0.6 is 0 Å². The van der Waals surface area contributed by atoms with Crippen molar-refractivity contribution in [3.8, 4) is 11.5 Å². The summed E-state index contributed by atoms with van der Waals surface area (Å²) >= 11 is 0. The van der Waals surface area contributed by atoms with Crippen molar-refractivity contribution in [2.45, 2.75) is 39.9 Å². The van der Waals surface area contributed by atoms with E-state index in [1.165, 1.54) is 0 Å². The van der Waals surface area contributed by atoms with Crippen molar-refractivity contribution in [3.63, 3.8) is 0 Å². The lowest BCUT2D eigenvalue weighted by molar-refractivity contribution is -0.132. The molecule has 4 rings (SSSR count). The third-order valence-corrected chi connectivity index (χ3v) is 7.87. The molecule has 0 fully saturated rings. The molecule has 2 aliphatic rings. The zero-order valence-corrected chi connectivity index (χ0v) is 25.9. The Hall–Kier alpha value is -4.20. The Balaban J connectivity index is 1.07. The Morgan fingerprint density at radius 2 is 1.20 bits per heavy atom. The highest BCUT2D eigenvalue weighted by Crippen LogP contribution is 2.33. The lowest BCUT2D eigenvalue weighted by Gasteiger charge is -2.24. The number of hydrogen-bond donors (Lipinski definition) is 2. The van der Waals surface area contributed by atoms with E-state index in [1.54, 1.807) is 69.3 Å². The summed E-state index contributed by atoms with van der Waals surface area (Å²) in [4.78, 5) is 50.3. The lowest BCUT2D eigenvalue weighted by Crippen LogP contribution is -2.50. The number of amides is 4. The smallest absolute Gasteiger partial charge is 0.354 e. The largest absolute Gasteiger partial charge is 0.491 e. The van der Waals surface area contributed by atoms with Gasteiger partial charge in [0.15, 0.2) is 0 Å². The van der Waals surface area contributed by atoms with Gasteiger partial charge in [-0.3, -0.25) is 9.59 Å². The second-order valence-electron chi connectivity index (χ2n) is 11.1. The third-order valence-electron chi connectivity index (χ3n) is 7.87. The zero-order valence-electron chi connectivity index (χ0n) is 25.9. The van der Waals surface area contributed by atoms with Gasteiger partial charge in [0.25, 0.3) is 11.8 Å². The summed E-state index contributed by atoms with van der Waals surface area (Å²) in [6.45, 7) is 7.47. The molecule has 0 radical (unpaired) electrons. The summed E-state index contributed by atoms with van der Waals surface area (Å²) in [5, 5.41) is 20.3. The summed E-state index contributed by atoms with van der Waals surface area (Å²) in [7, 11) is 0. The van der Waals surface area contributed by atoms with Gasteiger partial charge in [0, 0.05) is 23.3 Å². The number of quaternary nitrogens is 1. The van der Waals surface area contributed by atoms with Gasteiger partial charge in [0.2, 0.25) is 0 Å². The van der Waals surface area contributed by atoms with Gasteiger partial charge in [-0.2, -0.15) is 4.48 Å². The minimum atomic E-state index is -0.900. The SMILES string of the molecule is CC1=C(C)C(=O)[N+](C=O)(c2ccc(OCC(O)COCCOCC(O)COc3ccc(N4C(=O)C(C)=C(C)C4=O)cc3)cc2)C1. The van der Waals surface area contributed by atoms with E-state index in [4.69, 9.17) is 18.9 Å². The summed E-state index contributed by atoms with van der Waals surface area (Å²) in [6.07, 6.45) is -1.14. The number of benzene rings is 2. The van der Waals surface area contributed by atoms with Crippen LogP contribution in [-0.2, 0) is 28.7 Å². The van der Waals surface area contributed by atoms with E-state index in [-0.39, 0.29) is 57.4 Å². The molecule has 2 aromatic rings. The Labute approximate surface area is 261 Å². The van der Waals surface area contributed by atoms with Crippen molar-refractivity contribution < 1.29 is 48.3 Å². The Morgan fingerprint density at radius 1 is 0.733 bits per heavy atom. The van der Waals surface area contributed by atoms with Gasteiger partial charge in [-0.25, -0.2) is 14.5 Å². The Morgan fingerprint density at radius 3 is 1.62 bits per heavy atom. The van der Waals surface area contributed by atoms with E-state index in [1.807, 2.05) is 6.92 Å². The number of aliphatic hydroxyl groups is 2. The molecule has 3 unspecified atom stereocenters. The van der Waals surface area contributed by atoms with Gasteiger partial charge >= 0.3 is 12.3 Å². The van der Waals surface area contributed by atoms with E-state index in [0.717, 1.165) is 10.5 Å². The van der Waals surface area contributed by atoms with E-state index < -0.39 is 16.7 Å². The van der Waals surface area contributed by atoms with Crippen LogP contribution in [0.4, 0.5) is 11.4 Å². The number of carbonyl (C=O) groups is 4. The van der Waals surface area contributed by atoms with Crippen molar-refractivity contribution in [2.75, 3.05) is 51.1 Å². The molecule has 2 aromatic carbocycles. The minimum Gasteiger partial charge on any atom is -0.491 e. The average molecular weight is 624 g/mol. The number of aliphatic hydroxyl groups excluding tert-OH is 2. The van der Waals surface area contributed by atoms with Crippen LogP contribution in [0.2, 0.25) is 0 Å². The highest BCUT2D eigenvalue weighted by molar-refractivity contribution is 6.32. The first kappa shape index (κ1) is 33.7. The number of hydrogen-bond acceptors (Lipinski definition) is 10. The molecular formula is C33H39N2O10+. The molecule has 0 aliphatic carbocycles. The van der Waals surface area contributed by atoms with E-state index in [9.17, 15) is 29.4 Å². The van der Waals surface area contributed by atoms with Crippen LogP contribution in [-0.4, -0.2) is 92.7 Å². The molecule has 0 saturated carbocycles. The van der Waals surface area contributed by atoms with Crippen molar-refractivity contribution in [1.29, 1.82) is 0 Å². The number of carbonyl (C=O) groups excluding carboxylic acids is 4. The first-order valence-corrected chi connectivity index (χ1v) is 14.6. The van der Waals surface area contributed by atoms with Crippen molar-refractivity contribution in [1.82, 2.24) is 4.48 Å². The number of imide groups is 2. The maximum absolute atomic E-state index is 12.7. The van der Waals surface area contributed by atoms with Gasteiger partial charge in [0.1, 0.15) is 49.2 Å². The molecular weight excluding hydrogens is 584 g/mol. The van der Waals surface area contributed by atoms with Crippen molar-refractivity contribution in [2.24, 2.45) is 0 Å². The summed E-state index contributed by atoms with van der Waals surface area (Å²) in [6, 6.07) is 13.1. The quantitative estimate of drug-likeness (QED) is 0.124. The fourth-order valence-electron chi connectivity index (χ4n) is 4.92. The predicted molar refractivity (Wildman–Crippen MR) is 164 cm³/mol. The molecule has 12 heteroatoms. The Kier molecular flexibility index (Phi) is 11.0. The Bertz CT molecular complexity index is 1460. The molecule has 45 heavy (non-hydrogen) atoms. The van der Waals surface area contributed by atoms with Crippen LogP contribution in [0.3, 0.4) is 0 Å². The van der Waals surface area contributed by atoms with E-state index in [2.05, 4.69) is 0 Å². The standard InChI is InChI=1S/C33H39N2O10/c1-21-15-35(20-36,33(41)22(21)2)26-7-11-30(12-8-26)45-19-28(38)17-43-14-13-42-16-27(37)18-44-29-9-5-25(6-10-29)34-31(39)23(3)24(4)32(34)40/h5-12,20,27-28,37-38H,13-19H2,1-4H3/q+1. The fraction of sp³-hybridized carbons (Fsp3) is 0.394. The molecule has 240 valence electrons.